The number of pyridine rings is 1. The Hall–Kier alpha value is -2.10. The van der Waals surface area contributed by atoms with E-state index in [0.717, 1.165) is 22.0 Å². The molecule has 0 aliphatic heterocycles. The van der Waals surface area contributed by atoms with Crippen molar-refractivity contribution < 1.29 is 9.90 Å². The molecule has 0 aliphatic rings. The molecule has 100 valence electrons. The molecule has 2 rings (SSSR count). The van der Waals surface area contributed by atoms with Gasteiger partial charge in [-0.05, 0) is 37.5 Å². The summed E-state index contributed by atoms with van der Waals surface area (Å²) >= 11 is 0. The highest BCUT2D eigenvalue weighted by Crippen LogP contribution is 2.20. The van der Waals surface area contributed by atoms with Gasteiger partial charge >= 0.3 is 5.97 Å². The molecule has 0 atom stereocenters. The molecule has 0 fully saturated rings. The number of hydrogen-bond donors (Lipinski definition) is 1. The maximum Gasteiger partial charge on any atom is 0.303 e. The molecule has 0 aliphatic carbocycles. The molecule has 4 heteroatoms. The summed E-state index contributed by atoms with van der Waals surface area (Å²) in [4.78, 5) is 23.0. The number of aryl methyl sites for hydroxylation is 3. The second-order valence-corrected chi connectivity index (χ2v) is 4.88. The molecule has 4 nitrogen and oxygen atoms in total. The molecular formula is C15H17NO3. The van der Waals surface area contributed by atoms with Crippen molar-refractivity contribution in [2.75, 3.05) is 0 Å². The van der Waals surface area contributed by atoms with Crippen LogP contribution in [-0.4, -0.2) is 15.6 Å². The zero-order valence-corrected chi connectivity index (χ0v) is 11.4. The van der Waals surface area contributed by atoms with Crippen LogP contribution in [0.5, 0.6) is 0 Å². The summed E-state index contributed by atoms with van der Waals surface area (Å²) in [6.07, 6.45) is 0.255. The van der Waals surface area contributed by atoms with Gasteiger partial charge in [-0.3, -0.25) is 9.59 Å². The summed E-state index contributed by atoms with van der Waals surface area (Å²) in [7, 11) is 1.73. The van der Waals surface area contributed by atoms with Gasteiger partial charge in [0.05, 0.1) is 5.52 Å². The van der Waals surface area contributed by atoms with E-state index in [4.69, 9.17) is 5.11 Å². The smallest absolute Gasteiger partial charge is 0.303 e. The second-order valence-electron chi connectivity index (χ2n) is 4.88. The van der Waals surface area contributed by atoms with Gasteiger partial charge in [0.25, 0.3) is 5.56 Å². The molecule has 1 aromatic carbocycles. The minimum atomic E-state index is -0.884. The van der Waals surface area contributed by atoms with Crippen molar-refractivity contribution in [1.29, 1.82) is 0 Å². The molecule has 0 amide bonds. The fourth-order valence-corrected chi connectivity index (χ4v) is 2.40. The quantitative estimate of drug-likeness (QED) is 0.919. The Labute approximate surface area is 111 Å². The third kappa shape index (κ3) is 2.38. The number of carbonyl (C=O) groups is 1. The highest BCUT2D eigenvalue weighted by molar-refractivity contribution is 5.84. The third-order valence-electron chi connectivity index (χ3n) is 3.52. The predicted octanol–water partition coefficient (Wildman–Crippen LogP) is 2.17. The van der Waals surface area contributed by atoms with Gasteiger partial charge < -0.3 is 9.67 Å². The Kier molecular flexibility index (Phi) is 3.42. The number of rotatable bonds is 3. The van der Waals surface area contributed by atoms with E-state index in [0.29, 0.717) is 5.56 Å². The van der Waals surface area contributed by atoms with Crippen LogP contribution in [0.4, 0.5) is 0 Å². The summed E-state index contributed by atoms with van der Waals surface area (Å²) in [5.74, 6) is -0.884. The summed E-state index contributed by atoms with van der Waals surface area (Å²) in [6, 6.07) is 5.97. The SMILES string of the molecule is Cc1ccc2c(C)c(CCC(=O)O)c(=O)n(C)c2c1. The average Bonchev–Trinajstić information content (AvgIpc) is 2.35. The zero-order chi connectivity index (χ0) is 14.2. The molecule has 0 bridgehead atoms. The summed E-state index contributed by atoms with van der Waals surface area (Å²) in [6.45, 7) is 3.87. The van der Waals surface area contributed by atoms with Crippen molar-refractivity contribution in [1.82, 2.24) is 4.57 Å². The number of benzene rings is 1. The number of aromatic nitrogens is 1. The van der Waals surface area contributed by atoms with Crippen LogP contribution in [-0.2, 0) is 18.3 Å². The number of carboxylic acids is 1. The number of carboxylic acid groups (broad SMARTS) is 1. The van der Waals surface area contributed by atoms with Gasteiger partial charge in [0.15, 0.2) is 0 Å². The van der Waals surface area contributed by atoms with Crippen molar-refractivity contribution in [3.8, 4) is 0 Å². The number of aliphatic carboxylic acids is 1. The highest BCUT2D eigenvalue weighted by Gasteiger charge is 2.13. The lowest BCUT2D eigenvalue weighted by atomic mass is 10.00. The lowest BCUT2D eigenvalue weighted by molar-refractivity contribution is -0.136. The molecule has 1 heterocycles. The average molecular weight is 259 g/mol. The predicted molar refractivity (Wildman–Crippen MR) is 74.6 cm³/mol. The minimum absolute atomic E-state index is 0.0204. The molecule has 19 heavy (non-hydrogen) atoms. The largest absolute Gasteiger partial charge is 0.481 e. The number of fused-ring (bicyclic) bond motifs is 1. The van der Waals surface area contributed by atoms with E-state index in [-0.39, 0.29) is 18.4 Å². The molecule has 0 saturated carbocycles. The van der Waals surface area contributed by atoms with Gasteiger partial charge in [0.2, 0.25) is 0 Å². The van der Waals surface area contributed by atoms with E-state index in [1.54, 1.807) is 11.6 Å². The van der Waals surface area contributed by atoms with Gasteiger partial charge in [-0.15, -0.1) is 0 Å². The third-order valence-corrected chi connectivity index (χ3v) is 3.52. The van der Waals surface area contributed by atoms with Gasteiger partial charge in [0, 0.05) is 24.4 Å². The maximum atomic E-state index is 12.3. The zero-order valence-electron chi connectivity index (χ0n) is 11.4. The van der Waals surface area contributed by atoms with E-state index in [9.17, 15) is 9.59 Å². The first kappa shape index (κ1) is 13.3. The van der Waals surface area contributed by atoms with E-state index in [1.807, 2.05) is 32.0 Å². The standard InChI is InChI=1S/C15H17NO3/c1-9-4-5-11-10(2)12(6-7-14(17)18)15(19)16(3)13(11)8-9/h4-5,8H,6-7H2,1-3H3,(H,17,18). The van der Waals surface area contributed by atoms with Crippen molar-refractivity contribution in [3.05, 3.63) is 45.2 Å². The monoisotopic (exact) mass is 259 g/mol. The van der Waals surface area contributed by atoms with Crippen LogP contribution in [0.1, 0.15) is 23.1 Å². The molecule has 0 radical (unpaired) electrons. The van der Waals surface area contributed by atoms with Crippen molar-refractivity contribution in [2.45, 2.75) is 26.7 Å². The lowest BCUT2D eigenvalue weighted by Crippen LogP contribution is -2.23. The Morgan fingerprint density at radius 3 is 2.63 bits per heavy atom. The fraction of sp³-hybridized carbons (Fsp3) is 0.333. The van der Waals surface area contributed by atoms with Gasteiger partial charge in [-0.25, -0.2) is 0 Å². The van der Waals surface area contributed by atoms with Gasteiger partial charge in [-0.1, -0.05) is 12.1 Å². The van der Waals surface area contributed by atoms with Gasteiger partial charge in [-0.2, -0.15) is 0 Å². The van der Waals surface area contributed by atoms with Crippen LogP contribution in [0.15, 0.2) is 23.0 Å². The Morgan fingerprint density at radius 2 is 2.00 bits per heavy atom. The summed E-state index contributed by atoms with van der Waals surface area (Å²) < 4.78 is 1.60. The van der Waals surface area contributed by atoms with Crippen LogP contribution in [0, 0.1) is 13.8 Å². The first-order chi connectivity index (χ1) is 8.91. The van der Waals surface area contributed by atoms with Crippen LogP contribution < -0.4 is 5.56 Å². The topological polar surface area (TPSA) is 59.3 Å². The Balaban J connectivity index is 2.70. The van der Waals surface area contributed by atoms with E-state index in [1.165, 1.54) is 0 Å². The van der Waals surface area contributed by atoms with Crippen molar-refractivity contribution >= 4 is 16.9 Å². The first-order valence-electron chi connectivity index (χ1n) is 6.22. The molecule has 1 aromatic heterocycles. The van der Waals surface area contributed by atoms with E-state index in [2.05, 4.69) is 0 Å². The molecule has 0 saturated heterocycles. The van der Waals surface area contributed by atoms with Crippen LogP contribution in [0.25, 0.3) is 10.9 Å². The van der Waals surface area contributed by atoms with E-state index < -0.39 is 5.97 Å². The summed E-state index contributed by atoms with van der Waals surface area (Å²) in [5.41, 5.74) is 3.37. The first-order valence-corrected chi connectivity index (χ1v) is 6.22. The Morgan fingerprint density at radius 1 is 1.32 bits per heavy atom. The van der Waals surface area contributed by atoms with Crippen LogP contribution >= 0.6 is 0 Å². The normalized spacial score (nSPS) is 10.9. The molecule has 1 N–H and O–H groups in total. The molecule has 0 spiro atoms. The Bertz CT molecular complexity index is 713. The number of nitrogens with zero attached hydrogens (tertiary/aromatic N) is 1. The number of hydrogen-bond acceptors (Lipinski definition) is 2. The van der Waals surface area contributed by atoms with Gasteiger partial charge in [0.1, 0.15) is 0 Å². The molecule has 0 unspecified atom stereocenters. The molecule has 2 aromatic rings. The van der Waals surface area contributed by atoms with E-state index >= 15 is 0 Å². The second kappa shape index (κ2) is 4.88. The fourth-order valence-electron chi connectivity index (χ4n) is 2.40. The van der Waals surface area contributed by atoms with Crippen molar-refractivity contribution in [2.24, 2.45) is 7.05 Å². The van der Waals surface area contributed by atoms with Crippen LogP contribution in [0.3, 0.4) is 0 Å². The molecular weight excluding hydrogens is 242 g/mol. The van der Waals surface area contributed by atoms with Crippen molar-refractivity contribution in [3.63, 3.8) is 0 Å². The summed E-state index contributed by atoms with van der Waals surface area (Å²) in [5, 5.41) is 9.77. The lowest BCUT2D eigenvalue weighted by Gasteiger charge is -2.13. The van der Waals surface area contributed by atoms with Crippen LogP contribution in [0.2, 0.25) is 0 Å². The highest BCUT2D eigenvalue weighted by atomic mass is 16.4. The maximum absolute atomic E-state index is 12.3. The minimum Gasteiger partial charge on any atom is -0.481 e.